The van der Waals surface area contributed by atoms with Gasteiger partial charge >= 0.3 is 0 Å². The van der Waals surface area contributed by atoms with Gasteiger partial charge in [0.1, 0.15) is 0 Å². The maximum absolute atomic E-state index is 12.3. The first kappa shape index (κ1) is 15.6. The van der Waals surface area contributed by atoms with Crippen LogP contribution in [0, 0.1) is 11.3 Å². The number of rotatable bonds is 5. The lowest BCUT2D eigenvalue weighted by Crippen LogP contribution is -2.23. The largest absolute Gasteiger partial charge is 0.371 e. The van der Waals surface area contributed by atoms with Crippen molar-refractivity contribution >= 4 is 15.5 Å². The number of para-hydroxylation sites is 1. The summed E-state index contributed by atoms with van der Waals surface area (Å²) < 4.78 is 24.7. The molecule has 0 spiro atoms. The van der Waals surface area contributed by atoms with Crippen LogP contribution in [0.1, 0.15) is 17.5 Å². The number of sulfone groups is 1. The lowest BCUT2D eigenvalue weighted by atomic mass is 10.2. The van der Waals surface area contributed by atoms with E-state index in [1.54, 1.807) is 12.1 Å². The fourth-order valence-corrected chi connectivity index (χ4v) is 4.23. The Morgan fingerprint density at radius 2 is 1.83 bits per heavy atom. The number of nitrogens with zero attached hydrogens (tertiary/aromatic N) is 2. The standard InChI is InChI=1S/C18H18N2O2S/c19-14-15-6-8-17(9-7-15)23(21,22)13-3-11-20-12-10-16-4-1-2-5-18(16)20/h1-2,4-9H,3,10-13H2. The summed E-state index contributed by atoms with van der Waals surface area (Å²) in [5.41, 5.74) is 3.03. The Morgan fingerprint density at radius 3 is 2.57 bits per heavy atom. The SMILES string of the molecule is N#Cc1ccc(S(=O)(=O)CCCN2CCc3ccccc32)cc1. The Kier molecular flexibility index (Phi) is 4.35. The summed E-state index contributed by atoms with van der Waals surface area (Å²) >= 11 is 0. The molecule has 0 N–H and O–H groups in total. The normalized spacial score (nSPS) is 13.6. The Hall–Kier alpha value is -2.32. The van der Waals surface area contributed by atoms with Crippen molar-refractivity contribution in [2.75, 3.05) is 23.7 Å². The average Bonchev–Trinajstić information content (AvgIpc) is 2.98. The zero-order valence-electron chi connectivity index (χ0n) is 12.8. The van der Waals surface area contributed by atoms with Gasteiger partial charge in [-0.2, -0.15) is 5.26 Å². The molecule has 1 heterocycles. The van der Waals surface area contributed by atoms with Gasteiger partial charge in [-0.1, -0.05) is 18.2 Å². The maximum atomic E-state index is 12.3. The topological polar surface area (TPSA) is 61.2 Å². The van der Waals surface area contributed by atoms with E-state index >= 15 is 0 Å². The van der Waals surface area contributed by atoms with Gasteiger partial charge in [-0.3, -0.25) is 0 Å². The third-order valence-corrected chi connectivity index (χ3v) is 5.98. The van der Waals surface area contributed by atoms with E-state index in [-0.39, 0.29) is 5.75 Å². The Labute approximate surface area is 136 Å². The Morgan fingerprint density at radius 1 is 1.09 bits per heavy atom. The molecule has 23 heavy (non-hydrogen) atoms. The fourth-order valence-electron chi connectivity index (χ4n) is 2.94. The van der Waals surface area contributed by atoms with Crippen molar-refractivity contribution in [1.82, 2.24) is 0 Å². The monoisotopic (exact) mass is 326 g/mol. The molecule has 0 radical (unpaired) electrons. The highest BCUT2D eigenvalue weighted by atomic mass is 32.2. The van der Waals surface area contributed by atoms with Gasteiger partial charge in [-0.05, 0) is 48.7 Å². The van der Waals surface area contributed by atoms with E-state index < -0.39 is 9.84 Å². The van der Waals surface area contributed by atoms with Crippen molar-refractivity contribution in [2.45, 2.75) is 17.7 Å². The van der Waals surface area contributed by atoms with Crippen LogP contribution in [0.15, 0.2) is 53.4 Å². The van der Waals surface area contributed by atoms with Crippen molar-refractivity contribution in [2.24, 2.45) is 0 Å². The molecule has 4 nitrogen and oxygen atoms in total. The molecule has 0 unspecified atom stereocenters. The third-order valence-electron chi connectivity index (χ3n) is 4.17. The predicted octanol–water partition coefficient (Wildman–Crippen LogP) is 2.78. The van der Waals surface area contributed by atoms with E-state index in [9.17, 15) is 8.42 Å². The number of hydrogen-bond donors (Lipinski definition) is 0. The second-order valence-corrected chi connectivity index (χ2v) is 7.78. The first-order valence-corrected chi connectivity index (χ1v) is 9.31. The third kappa shape index (κ3) is 3.38. The molecule has 0 saturated heterocycles. The quantitative estimate of drug-likeness (QED) is 0.847. The highest BCUT2D eigenvalue weighted by Crippen LogP contribution is 2.27. The lowest BCUT2D eigenvalue weighted by molar-refractivity contribution is 0.593. The smallest absolute Gasteiger partial charge is 0.178 e. The molecule has 1 aliphatic heterocycles. The molecule has 0 aliphatic carbocycles. The van der Waals surface area contributed by atoms with Crippen molar-refractivity contribution < 1.29 is 8.42 Å². The molecule has 0 fully saturated rings. The maximum Gasteiger partial charge on any atom is 0.178 e. The minimum Gasteiger partial charge on any atom is -0.371 e. The van der Waals surface area contributed by atoms with Crippen molar-refractivity contribution in [3.63, 3.8) is 0 Å². The molecule has 0 bridgehead atoms. The highest BCUT2D eigenvalue weighted by Gasteiger charge is 2.19. The zero-order valence-corrected chi connectivity index (χ0v) is 13.6. The lowest BCUT2D eigenvalue weighted by Gasteiger charge is -2.19. The van der Waals surface area contributed by atoms with Crippen LogP contribution < -0.4 is 4.90 Å². The summed E-state index contributed by atoms with van der Waals surface area (Å²) in [4.78, 5) is 2.54. The molecule has 0 atom stereocenters. The van der Waals surface area contributed by atoms with E-state index in [0.717, 1.165) is 19.5 Å². The second kappa shape index (κ2) is 6.43. The van der Waals surface area contributed by atoms with Crippen LogP contribution in [0.2, 0.25) is 0 Å². The van der Waals surface area contributed by atoms with Gasteiger partial charge in [0.2, 0.25) is 0 Å². The summed E-state index contributed by atoms with van der Waals surface area (Å²) in [6, 6.07) is 16.4. The summed E-state index contributed by atoms with van der Waals surface area (Å²) in [5.74, 6) is 0.123. The number of benzene rings is 2. The number of hydrogen-bond acceptors (Lipinski definition) is 4. The summed E-state index contributed by atoms with van der Waals surface area (Å²) in [6.45, 7) is 1.70. The van der Waals surface area contributed by atoms with Gasteiger partial charge in [0.15, 0.2) is 9.84 Å². The predicted molar refractivity (Wildman–Crippen MR) is 90.2 cm³/mol. The van der Waals surface area contributed by atoms with Gasteiger partial charge in [-0.15, -0.1) is 0 Å². The molecule has 1 aliphatic rings. The van der Waals surface area contributed by atoms with Crippen molar-refractivity contribution in [1.29, 1.82) is 5.26 Å². The molecule has 0 aromatic heterocycles. The van der Waals surface area contributed by atoms with Crippen LogP contribution in [0.3, 0.4) is 0 Å². The minimum absolute atomic E-state index is 0.123. The van der Waals surface area contributed by atoms with E-state index in [2.05, 4.69) is 17.0 Å². The first-order valence-electron chi connectivity index (χ1n) is 7.66. The molecule has 0 amide bonds. The minimum atomic E-state index is -3.29. The van der Waals surface area contributed by atoms with Crippen LogP contribution >= 0.6 is 0 Å². The van der Waals surface area contributed by atoms with Crippen LogP contribution in [0.5, 0.6) is 0 Å². The van der Waals surface area contributed by atoms with Gasteiger partial charge < -0.3 is 4.90 Å². The van der Waals surface area contributed by atoms with E-state index in [4.69, 9.17) is 5.26 Å². The van der Waals surface area contributed by atoms with E-state index in [1.165, 1.54) is 23.4 Å². The molecule has 2 aromatic rings. The average molecular weight is 326 g/mol. The van der Waals surface area contributed by atoms with Crippen LogP contribution in [0.4, 0.5) is 5.69 Å². The van der Waals surface area contributed by atoms with Crippen molar-refractivity contribution in [3.8, 4) is 6.07 Å². The number of anilines is 1. The molecule has 3 rings (SSSR count). The highest BCUT2D eigenvalue weighted by molar-refractivity contribution is 7.91. The van der Waals surface area contributed by atoms with Gasteiger partial charge in [-0.25, -0.2) is 8.42 Å². The molecule has 118 valence electrons. The molecular formula is C18H18N2O2S. The number of nitriles is 1. The van der Waals surface area contributed by atoms with Crippen LogP contribution in [-0.4, -0.2) is 27.3 Å². The van der Waals surface area contributed by atoms with Gasteiger partial charge in [0.05, 0.1) is 22.3 Å². The molecular weight excluding hydrogens is 308 g/mol. The van der Waals surface area contributed by atoms with E-state index in [1.807, 2.05) is 18.2 Å². The Bertz CT molecular complexity index is 836. The second-order valence-electron chi connectivity index (χ2n) is 5.67. The molecule has 2 aromatic carbocycles. The van der Waals surface area contributed by atoms with Crippen LogP contribution in [-0.2, 0) is 16.3 Å². The summed E-state index contributed by atoms with van der Waals surface area (Å²) in [5, 5.41) is 8.77. The fraction of sp³-hybridized carbons (Fsp3) is 0.278. The summed E-state index contributed by atoms with van der Waals surface area (Å²) in [7, 11) is -3.29. The summed E-state index contributed by atoms with van der Waals surface area (Å²) in [6.07, 6.45) is 1.62. The van der Waals surface area contributed by atoms with E-state index in [0.29, 0.717) is 16.9 Å². The van der Waals surface area contributed by atoms with Crippen molar-refractivity contribution in [3.05, 3.63) is 59.7 Å². The number of fused-ring (bicyclic) bond motifs is 1. The van der Waals surface area contributed by atoms with Crippen LogP contribution in [0.25, 0.3) is 0 Å². The molecule has 5 heteroatoms. The molecule has 0 saturated carbocycles. The zero-order chi connectivity index (χ0) is 16.3. The van der Waals surface area contributed by atoms with Gasteiger partial charge in [0.25, 0.3) is 0 Å². The Balaban J connectivity index is 1.61. The van der Waals surface area contributed by atoms with Gasteiger partial charge in [0, 0.05) is 18.8 Å². The first-order chi connectivity index (χ1) is 11.1.